The minimum absolute atomic E-state index is 0.129. The summed E-state index contributed by atoms with van der Waals surface area (Å²) in [5.41, 5.74) is 1.46. The molecule has 0 aliphatic heterocycles. The van der Waals surface area contributed by atoms with Gasteiger partial charge >= 0.3 is 5.69 Å². The van der Waals surface area contributed by atoms with Crippen LogP contribution in [0.5, 0.6) is 5.75 Å². The van der Waals surface area contributed by atoms with Crippen LogP contribution in [0.25, 0.3) is 0 Å². The second-order valence-corrected chi connectivity index (χ2v) is 4.09. The Kier molecular flexibility index (Phi) is 4.65. The van der Waals surface area contributed by atoms with Crippen molar-refractivity contribution < 1.29 is 9.90 Å². The maximum absolute atomic E-state index is 11.5. The number of nitrogens with zero attached hydrogens (tertiary/aromatic N) is 2. The van der Waals surface area contributed by atoms with Gasteiger partial charge in [0.25, 0.3) is 11.5 Å². The molecule has 114 valence electrons. The maximum Gasteiger partial charge on any atom is 0.342 e. The van der Waals surface area contributed by atoms with Gasteiger partial charge in [-0.05, 0) is 29.8 Å². The van der Waals surface area contributed by atoms with E-state index in [0.29, 0.717) is 5.56 Å². The molecule has 10 nitrogen and oxygen atoms in total. The van der Waals surface area contributed by atoms with Gasteiger partial charge in [0.05, 0.1) is 12.8 Å². The molecule has 1 amide bonds. The smallest absolute Gasteiger partial charge is 0.342 e. The van der Waals surface area contributed by atoms with Gasteiger partial charge < -0.3 is 10.4 Å². The molecular formula is C12H12N6O4. The molecule has 0 atom stereocenters. The molecule has 0 spiro atoms. The van der Waals surface area contributed by atoms with Crippen molar-refractivity contribution in [3.8, 4) is 5.75 Å². The van der Waals surface area contributed by atoms with E-state index in [1.54, 1.807) is 12.1 Å². The number of aromatic nitrogens is 3. The van der Waals surface area contributed by atoms with E-state index in [9.17, 15) is 14.4 Å². The first-order valence-electron chi connectivity index (χ1n) is 6.08. The number of hydrazone groups is 1. The summed E-state index contributed by atoms with van der Waals surface area (Å²) in [4.78, 5) is 35.5. The van der Waals surface area contributed by atoms with Crippen LogP contribution in [0.1, 0.15) is 5.56 Å². The van der Waals surface area contributed by atoms with E-state index in [1.165, 1.54) is 18.3 Å². The van der Waals surface area contributed by atoms with Crippen molar-refractivity contribution in [2.75, 3.05) is 11.9 Å². The van der Waals surface area contributed by atoms with Crippen molar-refractivity contribution in [2.24, 2.45) is 5.10 Å². The van der Waals surface area contributed by atoms with Crippen molar-refractivity contribution in [3.63, 3.8) is 0 Å². The number of aromatic amines is 2. The number of benzene rings is 1. The number of carbonyl (C=O) groups is 1. The second kappa shape index (κ2) is 6.83. The summed E-state index contributed by atoms with van der Waals surface area (Å²) in [6.45, 7) is -0.255. The van der Waals surface area contributed by atoms with Crippen molar-refractivity contribution in [2.45, 2.75) is 0 Å². The van der Waals surface area contributed by atoms with E-state index in [2.05, 4.69) is 20.9 Å². The third-order valence-corrected chi connectivity index (χ3v) is 2.42. The molecule has 2 rings (SSSR count). The molecule has 1 aromatic carbocycles. The monoisotopic (exact) mass is 304 g/mol. The first-order valence-corrected chi connectivity index (χ1v) is 6.08. The molecule has 0 unspecified atom stereocenters. The summed E-state index contributed by atoms with van der Waals surface area (Å²) >= 11 is 0. The van der Waals surface area contributed by atoms with E-state index >= 15 is 0 Å². The lowest BCUT2D eigenvalue weighted by Gasteiger charge is -2.02. The molecule has 0 bridgehead atoms. The highest BCUT2D eigenvalue weighted by Crippen LogP contribution is 2.07. The molecule has 10 heteroatoms. The molecule has 0 aliphatic rings. The Morgan fingerprint density at radius 3 is 2.73 bits per heavy atom. The van der Waals surface area contributed by atoms with Gasteiger partial charge in [0, 0.05) is 0 Å². The van der Waals surface area contributed by atoms with E-state index in [4.69, 9.17) is 5.11 Å². The number of hydrogen-bond donors (Lipinski definition) is 5. The predicted molar refractivity (Wildman–Crippen MR) is 77.8 cm³/mol. The number of anilines is 1. The number of aromatic hydroxyl groups is 1. The average molecular weight is 304 g/mol. The van der Waals surface area contributed by atoms with Crippen LogP contribution >= 0.6 is 0 Å². The molecule has 0 fully saturated rings. The molecule has 0 saturated heterocycles. The fourth-order valence-electron chi connectivity index (χ4n) is 1.41. The molecular weight excluding hydrogens is 292 g/mol. The number of phenols is 1. The number of carbonyl (C=O) groups excluding carboxylic acids is 1. The average Bonchev–Trinajstić information content (AvgIpc) is 2.48. The number of H-pyrrole nitrogens is 2. The molecule has 0 radical (unpaired) electrons. The van der Waals surface area contributed by atoms with Crippen LogP contribution in [0.4, 0.5) is 5.82 Å². The predicted octanol–water partition coefficient (Wildman–Crippen LogP) is -1.27. The van der Waals surface area contributed by atoms with Gasteiger partial charge in [-0.15, -0.1) is 5.10 Å². The SMILES string of the molecule is O=C(CNc1n[nH]c(=O)[nH]c1=O)N/N=C/c1ccc(O)cc1. The summed E-state index contributed by atoms with van der Waals surface area (Å²) in [5, 5.41) is 20.8. The number of hydrogen-bond acceptors (Lipinski definition) is 7. The zero-order valence-electron chi connectivity index (χ0n) is 11.2. The Labute approximate surface area is 122 Å². The quantitative estimate of drug-likeness (QED) is 0.343. The summed E-state index contributed by atoms with van der Waals surface area (Å²) < 4.78 is 0. The Balaban J connectivity index is 1.84. The Bertz CT molecular complexity index is 792. The Morgan fingerprint density at radius 2 is 2.05 bits per heavy atom. The lowest BCUT2D eigenvalue weighted by atomic mass is 10.2. The zero-order valence-corrected chi connectivity index (χ0v) is 11.2. The third-order valence-electron chi connectivity index (χ3n) is 2.42. The molecule has 0 saturated carbocycles. The van der Waals surface area contributed by atoms with Gasteiger partial charge in [0.15, 0.2) is 0 Å². The van der Waals surface area contributed by atoms with Gasteiger partial charge in [0.2, 0.25) is 5.82 Å². The molecule has 1 heterocycles. The van der Waals surface area contributed by atoms with Crippen LogP contribution in [0.15, 0.2) is 39.0 Å². The first-order chi connectivity index (χ1) is 10.5. The number of amides is 1. The fourth-order valence-corrected chi connectivity index (χ4v) is 1.41. The van der Waals surface area contributed by atoms with Crippen LogP contribution in [0.2, 0.25) is 0 Å². The van der Waals surface area contributed by atoms with Crippen LogP contribution in [-0.2, 0) is 4.79 Å². The highest BCUT2D eigenvalue weighted by atomic mass is 16.3. The topological polar surface area (TPSA) is 152 Å². The standard InChI is InChI=1S/C12H12N6O4/c19-8-3-1-7(2-4-8)5-14-16-9(20)6-13-10-11(21)15-12(22)18-17-10/h1-5,19H,6H2,(H,13,17)(H,16,20)(H2,15,18,21,22)/b14-5+. The lowest BCUT2D eigenvalue weighted by molar-refractivity contribution is -0.119. The van der Waals surface area contributed by atoms with Crippen molar-refractivity contribution in [1.29, 1.82) is 0 Å². The summed E-state index contributed by atoms with van der Waals surface area (Å²) in [6, 6.07) is 6.21. The zero-order chi connectivity index (χ0) is 15.9. The van der Waals surface area contributed by atoms with Crippen LogP contribution in [0, 0.1) is 0 Å². The molecule has 1 aromatic heterocycles. The van der Waals surface area contributed by atoms with Crippen LogP contribution < -0.4 is 22.0 Å². The summed E-state index contributed by atoms with van der Waals surface area (Å²) in [6.07, 6.45) is 1.39. The summed E-state index contributed by atoms with van der Waals surface area (Å²) in [5.74, 6) is -0.566. The normalized spacial score (nSPS) is 10.5. The van der Waals surface area contributed by atoms with Gasteiger partial charge in [-0.3, -0.25) is 14.6 Å². The summed E-state index contributed by atoms with van der Waals surface area (Å²) in [7, 11) is 0. The molecule has 5 N–H and O–H groups in total. The largest absolute Gasteiger partial charge is 0.508 e. The fraction of sp³-hybridized carbons (Fsp3) is 0.0833. The van der Waals surface area contributed by atoms with Gasteiger partial charge in [-0.1, -0.05) is 0 Å². The number of phenolic OH excluding ortho intramolecular Hbond substituents is 1. The minimum atomic E-state index is -0.738. The van der Waals surface area contributed by atoms with Gasteiger partial charge in [0.1, 0.15) is 5.75 Å². The van der Waals surface area contributed by atoms with E-state index < -0.39 is 17.2 Å². The lowest BCUT2D eigenvalue weighted by Crippen LogP contribution is -2.31. The number of rotatable bonds is 5. The Hall–Kier alpha value is -3.43. The minimum Gasteiger partial charge on any atom is -0.508 e. The van der Waals surface area contributed by atoms with Gasteiger partial charge in [-0.2, -0.15) is 5.10 Å². The van der Waals surface area contributed by atoms with E-state index in [0.717, 1.165) is 0 Å². The van der Waals surface area contributed by atoms with E-state index in [1.807, 2.05) is 10.1 Å². The Morgan fingerprint density at radius 1 is 1.32 bits per heavy atom. The van der Waals surface area contributed by atoms with Crippen molar-refractivity contribution in [3.05, 3.63) is 50.7 Å². The van der Waals surface area contributed by atoms with Crippen molar-refractivity contribution >= 4 is 17.9 Å². The van der Waals surface area contributed by atoms with Crippen LogP contribution in [-0.4, -0.2) is 39.0 Å². The van der Waals surface area contributed by atoms with Crippen molar-refractivity contribution in [1.82, 2.24) is 20.6 Å². The molecule has 22 heavy (non-hydrogen) atoms. The molecule has 0 aliphatic carbocycles. The molecule has 2 aromatic rings. The number of nitrogens with one attached hydrogen (secondary N) is 4. The van der Waals surface area contributed by atoms with E-state index in [-0.39, 0.29) is 18.1 Å². The highest BCUT2D eigenvalue weighted by molar-refractivity contribution is 5.84. The third kappa shape index (κ3) is 4.30. The maximum atomic E-state index is 11.5. The second-order valence-electron chi connectivity index (χ2n) is 4.09. The first kappa shape index (κ1) is 15.0. The van der Waals surface area contributed by atoms with Gasteiger partial charge in [-0.25, -0.2) is 15.3 Å². The highest BCUT2D eigenvalue weighted by Gasteiger charge is 2.04. The van der Waals surface area contributed by atoms with Crippen LogP contribution in [0.3, 0.4) is 0 Å².